The molecule has 2 aromatic rings. The van der Waals surface area contributed by atoms with E-state index in [-0.39, 0.29) is 18.9 Å². The molecule has 0 aliphatic heterocycles. The fraction of sp³-hybridized carbons (Fsp3) is 0.176. The summed E-state index contributed by atoms with van der Waals surface area (Å²) in [6, 6.07) is 16.2. The van der Waals surface area contributed by atoms with Crippen molar-refractivity contribution in [3.05, 3.63) is 65.2 Å². The number of halogens is 1. The number of hydrogen-bond acceptors (Lipinski definition) is 3. The molecule has 0 radical (unpaired) electrons. The van der Waals surface area contributed by atoms with Crippen LogP contribution in [-0.4, -0.2) is 25.5 Å². The molecule has 2 rings (SSSR count). The molecule has 5 heteroatoms. The van der Waals surface area contributed by atoms with E-state index >= 15 is 0 Å². The van der Waals surface area contributed by atoms with E-state index in [1.165, 1.54) is 4.90 Å². The van der Waals surface area contributed by atoms with Crippen LogP contribution in [0.4, 0.5) is 5.69 Å². The van der Waals surface area contributed by atoms with Crippen molar-refractivity contribution >= 4 is 29.2 Å². The van der Waals surface area contributed by atoms with Crippen molar-refractivity contribution in [1.82, 2.24) is 0 Å². The normalized spacial score (nSPS) is 10.1. The zero-order valence-electron chi connectivity index (χ0n) is 12.2. The molecule has 0 spiro atoms. The molecule has 4 nitrogen and oxygen atoms in total. The molecule has 2 aromatic carbocycles. The van der Waals surface area contributed by atoms with E-state index in [1.54, 1.807) is 31.3 Å². The first-order valence-corrected chi connectivity index (χ1v) is 7.16. The minimum absolute atomic E-state index is 0.0437. The predicted molar refractivity (Wildman–Crippen MR) is 86.0 cm³/mol. The number of anilines is 1. The van der Waals surface area contributed by atoms with Crippen LogP contribution < -0.4 is 4.90 Å². The molecule has 0 N–H and O–H groups in total. The number of para-hydroxylation sites is 1. The van der Waals surface area contributed by atoms with Gasteiger partial charge >= 0.3 is 5.97 Å². The molecule has 1 amide bonds. The Balaban J connectivity index is 1.86. The molecule has 0 aromatic heterocycles. The van der Waals surface area contributed by atoms with Crippen molar-refractivity contribution in [2.75, 3.05) is 18.6 Å². The first-order valence-electron chi connectivity index (χ1n) is 6.78. The lowest BCUT2D eigenvalue weighted by Crippen LogP contribution is -2.31. The Labute approximate surface area is 134 Å². The summed E-state index contributed by atoms with van der Waals surface area (Å²) >= 11 is 5.98. The Kier molecular flexibility index (Phi) is 5.55. The molecule has 0 aliphatic carbocycles. The van der Waals surface area contributed by atoms with Gasteiger partial charge in [0, 0.05) is 17.8 Å². The second-order valence-corrected chi connectivity index (χ2v) is 5.12. The number of carbonyl (C=O) groups excluding carboxylic acids is 2. The van der Waals surface area contributed by atoms with Crippen molar-refractivity contribution in [2.24, 2.45) is 0 Å². The standard InChI is InChI=1S/C17H16ClNO3/c1-19(14-8-3-2-4-9-14)16(20)12-22-17(21)11-13-7-5-6-10-15(13)18/h2-10H,11-12H2,1H3. The van der Waals surface area contributed by atoms with Gasteiger partial charge in [-0.05, 0) is 23.8 Å². The van der Waals surface area contributed by atoms with Gasteiger partial charge in [0.2, 0.25) is 0 Å². The summed E-state index contributed by atoms with van der Waals surface area (Å²) in [7, 11) is 1.64. The predicted octanol–water partition coefficient (Wildman–Crippen LogP) is 3.09. The number of carbonyl (C=O) groups is 2. The average molecular weight is 318 g/mol. The molecule has 0 aliphatic rings. The zero-order chi connectivity index (χ0) is 15.9. The van der Waals surface area contributed by atoms with E-state index in [0.29, 0.717) is 10.6 Å². The van der Waals surface area contributed by atoms with Gasteiger partial charge in [0.05, 0.1) is 6.42 Å². The second-order valence-electron chi connectivity index (χ2n) is 4.72. The van der Waals surface area contributed by atoms with Crippen molar-refractivity contribution in [3.8, 4) is 0 Å². The highest BCUT2D eigenvalue weighted by molar-refractivity contribution is 6.31. The first kappa shape index (κ1) is 16.0. The lowest BCUT2D eigenvalue weighted by molar-refractivity contribution is -0.147. The van der Waals surface area contributed by atoms with Gasteiger partial charge in [-0.25, -0.2) is 0 Å². The van der Waals surface area contributed by atoms with Crippen LogP contribution in [0.2, 0.25) is 5.02 Å². The number of likely N-dealkylation sites (N-methyl/N-ethyl adjacent to an activating group) is 1. The Hall–Kier alpha value is -2.33. The molecule has 0 saturated heterocycles. The maximum atomic E-state index is 12.0. The van der Waals surface area contributed by atoms with Gasteiger partial charge in [-0.3, -0.25) is 9.59 Å². The molecular formula is C17H16ClNO3. The van der Waals surface area contributed by atoms with Crippen LogP contribution in [0.25, 0.3) is 0 Å². The Bertz CT molecular complexity index is 658. The van der Waals surface area contributed by atoms with E-state index in [4.69, 9.17) is 16.3 Å². The Morgan fingerprint density at radius 3 is 2.36 bits per heavy atom. The van der Waals surface area contributed by atoms with Crippen molar-refractivity contribution < 1.29 is 14.3 Å². The molecule has 0 heterocycles. The molecule has 0 fully saturated rings. The smallest absolute Gasteiger partial charge is 0.310 e. The molecule has 0 saturated carbocycles. The third-order valence-corrected chi connectivity index (χ3v) is 3.54. The first-order chi connectivity index (χ1) is 10.6. The Morgan fingerprint density at radius 1 is 1.05 bits per heavy atom. The second kappa shape index (κ2) is 7.61. The van der Waals surface area contributed by atoms with E-state index < -0.39 is 5.97 Å². The van der Waals surface area contributed by atoms with E-state index in [2.05, 4.69) is 0 Å². The van der Waals surface area contributed by atoms with Crippen molar-refractivity contribution in [1.29, 1.82) is 0 Å². The summed E-state index contributed by atoms with van der Waals surface area (Å²) in [5, 5.41) is 0.507. The minimum Gasteiger partial charge on any atom is -0.455 e. The van der Waals surface area contributed by atoms with Crippen molar-refractivity contribution in [3.63, 3.8) is 0 Å². The zero-order valence-corrected chi connectivity index (χ0v) is 12.9. The van der Waals surface area contributed by atoms with Gasteiger partial charge < -0.3 is 9.64 Å². The highest BCUT2D eigenvalue weighted by atomic mass is 35.5. The summed E-state index contributed by atoms with van der Waals surface area (Å²) in [6.07, 6.45) is 0.0437. The summed E-state index contributed by atoms with van der Waals surface area (Å²) in [5.41, 5.74) is 1.42. The lowest BCUT2D eigenvalue weighted by atomic mass is 10.1. The number of benzene rings is 2. The van der Waals surface area contributed by atoms with Gasteiger partial charge in [0.15, 0.2) is 6.61 Å². The van der Waals surface area contributed by atoms with E-state index in [9.17, 15) is 9.59 Å². The highest BCUT2D eigenvalue weighted by Gasteiger charge is 2.14. The van der Waals surface area contributed by atoms with Crippen LogP contribution in [0.1, 0.15) is 5.56 Å². The largest absolute Gasteiger partial charge is 0.455 e. The minimum atomic E-state index is -0.483. The summed E-state index contributed by atoms with van der Waals surface area (Å²) in [5.74, 6) is -0.776. The van der Waals surface area contributed by atoms with Crippen molar-refractivity contribution in [2.45, 2.75) is 6.42 Å². The SMILES string of the molecule is CN(C(=O)COC(=O)Cc1ccccc1Cl)c1ccccc1. The number of nitrogens with zero attached hydrogens (tertiary/aromatic N) is 1. The van der Waals surface area contributed by atoms with Gasteiger partial charge in [-0.15, -0.1) is 0 Å². The number of hydrogen-bond donors (Lipinski definition) is 0. The molecule has 0 unspecified atom stereocenters. The maximum Gasteiger partial charge on any atom is 0.310 e. The Morgan fingerprint density at radius 2 is 1.68 bits per heavy atom. The van der Waals surface area contributed by atoms with Gasteiger partial charge in [0.25, 0.3) is 5.91 Å². The number of amides is 1. The summed E-state index contributed by atoms with van der Waals surface area (Å²) < 4.78 is 5.02. The van der Waals surface area contributed by atoms with Crippen LogP contribution in [0.5, 0.6) is 0 Å². The van der Waals surface area contributed by atoms with Crippen LogP contribution >= 0.6 is 11.6 Å². The summed E-state index contributed by atoms with van der Waals surface area (Å²) in [6.45, 7) is -0.297. The van der Waals surface area contributed by atoms with Crippen LogP contribution in [0.3, 0.4) is 0 Å². The maximum absolute atomic E-state index is 12.0. The quantitative estimate of drug-likeness (QED) is 0.796. The number of rotatable bonds is 5. The summed E-state index contributed by atoms with van der Waals surface area (Å²) in [4.78, 5) is 25.2. The third kappa shape index (κ3) is 4.33. The van der Waals surface area contributed by atoms with Gasteiger partial charge in [-0.2, -0.15) is 0 Å². The molecule has 0 atom stereocenters. The van der Waals surface area contributed by atoms with Gasteiger partial charge in [0.1, 0.15) is 0 Å². The van der Waals surface area contributed by atoms with E-state index in [0.717, 1.165) is 5.69 Å². The van der Waals surface area contributed by atoms with Gasteiger partial charge in [-0.1, -0.05) is 48.0 Å². The van der Waals surface area contributed by atoms with E-state index in [1.807, 2.05) is 30.3 Å². The highest BCUT2D eigenvalue weighted by Crippen LogP contribution is 2.16. The number of ether oxygens (including phenoxy) is 1. The van der Waals surface area contributed by atoms with Crippen LogP contribution in [0.15, 0.2) is 54.6 Å². The molecular weight excluding hydrogens is 302 g/mol. The monoisotopic (exact) mass is 317 g/mol. The topological polar surface area (TPSA) is 46.6 Å². The molecule has 0 bridgehead atoms. The lowest BCUT2D eigenvalue weighted by Gasteiger charge is -2.17. The number of esters is 1. The van der Waals surface area contributed by atoms with Crippen LogP contribution in [0, 0.1) is 0 Å². The fourth-order valence-electron chi connectivity index (χ4n) is 1.88. The molecule has 114 valence electrons. The molecule has 22 heavy (non-hydrogen) atoms. The van der Waals surface area contributed by atoms with Crippen LogP contribution in [-0.2, 0) is 20.7 Å². The third-order valence-electron chi connectivity index (χ3n) is 3.17. The average Bonchev–Trinajstić information content (AvgIpc) is 2.55. The fourth-order valence-corrected chi connectivity index (χ4v) is 2.09.